The lowest BCUT2D eigenvalue weighted by Crippen LogP contribution is -2.41. The Labute approximate surface area is 114 Å². The zero-order chi connectivity index (χ0) is 14.2. The average Bonchev–Trinajstić information content (AvgIpc) is 2.64. The minimum atomic E-state index is -1.20. The van der Waals surface area contributed by atoms with Crippen molar-refractivity contribution in [2.24, 2.45) is 11.1 Å². The van der Waals surface area contributed by atoms with E-state index < -0.39 is 15.7 Å². The maximum absolute atomic E-state index is 12.5. The predicted molar refractivity (Wildman–Crippen MR) is 74.3 cm³/mol. The number of non-ortho nitro benzene ring substituents is 1. The number of benzene rings is 1. The second-order valence-corrected chi connectivity index (χ2v) is 7.31. The van der Waals surface area contributed by atoms with Crippen molar-refractivity contribution in [3.05, 3.63) is 34.4 Å². The van der Waals surface area contributed by atoms with Crippen molar-refractivity contribution in [1.82, 2.24) is 0 Å². The van der Waals surface area contributed by atoms with Crippen LogP contribution in [0.4, 0.5) is 5.69 Å². The molecule has 19 heavy (non-hydrogen) atoms. The van der Waals surface area contributed by atoms with Crippen LogP contribution in [0.25, 0.3) is 0 Å². The Morgan fingerprint density at radius 2 is 1.95 bits per heavy atom. The third-order valence-corrected chi connectivity index (χ3v) is 5.75. The summed E-state index contributed by atoms with van der Waals surface area (Å²) >= 11 is 0. The molecule has 0 aromatic heterocycles. The van der Waals surface area contributed by atoms with Gasteiger partial charge in [0.25, 0.3) is 5.69 Å². The molecule has 3 unspecified atom stereocenters. The second-order valence-electron chi connectivity index (χ2n) is 5.64. The molecule has 2 N–H and O–H groups in total. The third-order valence-electron chi connectivity index (χ3n) is 3.93. The summed E-state index contributed by atoms with van der Waals surface area (Å²) in [6.07, 6.45) is 1.79. The first-order chi connectivity index (χ1) is 8.83. The highest BCUT2D eigenvalue weighted by Gasteiger charge is 2.42. The van der Waals surface area contributed by atoms with Gasteiger partial charge in [-0.2, -0.15) is 0 Å². The van der Waals surface area contributed by atoms with E-state index in [0.717, 1.165) is 12.8 Å². The van der Waals surface area contributed by atoms with Crippen LogP contribution in [0, 0.1) is 15.5 Å². The molecule has 0 radical (unpaired) electrons. The number of hydrogen-bond donors (Lipinski definition) is 1. The number of nitrogens with zero attached hydrogens (tertiary/aromatic N) is 1. The van der Waals surface area contributed by atoms with E-state index in [0.29, 0.717) is 4.90 Å². The van der Waals surface area contributed by atoms with E-state index in [-0.39, 0.29) is 22.4 Å². The molecule has 1 aliphatic carbocycles. The molecule has 0 aliphatic heterocycles. The summed E-state index contributed by atoms with van der Waals surface area (Å²) in [5.41, 5.74) is 6.18. The summed E-state index contributed by atoms with van der Waals surface area (Å²) in [7, 11) is -1.20. The molecule has 1 aliphatic rings. The molecular weight excluding hydrogens is 264 g/mol. The van der Waals surface area contributed by atoms with Crippen LogP contribution in [0.2, 0.25) is 0 Å². The van der Waals surface area contributed by atoms with Crippen molar-refractivity contribution in [3.8, 4) is 0 Å². The highest BCUT2D eigenvalue weighted by Crippen LogP contribution is 2.39. The Morgan fingerprint density at radius 1 is 1.37 bits per heavy atom. The van der Waals surface area contributed by atoms with Gasteiger partial charge in [-0.05, 0) is 30.4 Å². The molecule has 0 spiro atoms. The van der Waals surface area contributed by atoms with Crippen molar-refractivity contribution >= 4 is 16.5 Å². The van der Waals surface area contributed by atoms with E-state index in [1.807, 2.05) is 0 Å². The maximum atomic E-state index is 12.5. The fourth-order valence-electron chi connectivity index (χ4n) is 2.48. The van der Waals surface area contributed by atoms with Gasteiger partial charge in [-0.25, -0.2) is 0 Å². The Morgan fingerprint density at radius 3 is 2.37 bits per heavy atom. The van der Waals surface area contributed by atoms with Gasteiger partial charge in [-0.15, -0.1) is 0 Å². The number of rotatable bonds is 3. The molecule has 1 saturated carbocycles. The molecule has 0 heterocycles. The number of nitro benzene ring substituents is 1. The van der Waals surface area contributed by atoms with Crippen molar-refractivity contribution in [2.75, 3.05) is 0 Å². The van der Waals surface area contributed by atoms with E-state index in [1.165, 1.54) is 12.1 Å². The lowest BCUT2D eigenvalue weighted by molar-refractivity contribution is -0.384. The number of hydrogen-bond acceptors (Lipinski definition) is 4. The van der Waals surface area contributed by atoms with Crippen molar-refractivity contribution in [1.29, 1.82) is 0 Å². The van der Waals surface area contributed by atoms with E-state index in [9.17, 15) is 14.3 Å². The number of nitro groups is 1. The first-order valence-corrected chi connectivity index (χ1v) is 7.45. The standard InChI is InChI=1S/C13H18N2O3S/c1-13(2)8-7-11(12(13)14)19(18)10-5-3-9(4-6-10)15(16)17/h3-6,11-12H,7-8,14H2,1-2H3. The summed E-state index contributed by atoms with van der Waals surface area (Å²) in [5, 5.41) is 10.5. The first-order valence-electron chi connectivity index (χ1n) is 6.23. The van der Waals surface area contributed by atoms with Crippen LogP contribution in [0.5, 0.6) is 0 Å². The van der Waals surface area contributed by atoms with Crippen LogP contribution in [-0.2, 0) is 10.8 Å². The molecule has 1 aromatic carbocycles. The van der Waals surface area contributed by atoms with Gasteiger partial charge >= 0.3 is 0 Å². The van der Waals surface area contributed by atoms with Gasteiger partial charge in [-0.1, -0.05) is 13.8 Å². The van der Waals surface area contributed by atoms with Crippen LogP contribution >= 0.6 is 0 Å². The summed E-state index contributed by atoms with van der Waals surface area (Å²) in [6.45, 7) is 4.18. The Hall–Kier alpha value is -1.27. The highest BCUT2D eigenvalue weighted by molar-refractivity contribution is 7.85. The topological polar surface area (TPSA) is 86.2 Å². The lowest BCUT2D eigenvalue weighted by Gasteiger charge is -2.26. The Bertz CT molecular complexity index is 513. The van der Waals surface area contributed by atoms with Gasteiger partial charge in [0.2, 0.25) is 0 Å². The molecule has 104 valence electrons. The SMILES string of the molecule is CC1(C)CCC(S(=O)c2ccc([N+](=O)[O-])cc2)C1N. The average molecular weight is 282 g/mol. The lowest BCUT2D eigenvalue weighted by atomic mass is 9.88. The van der Waals surface area contributed by atoms with Gasteiger partial charge < -0.3 is 5.73 Å². The molecule has 0 saturated heterocycles. The molecule has 1 aromatic rings. The van der Waals surface area contributed by atoms with E-state index in [1.54, 1.807) is 12.1 Å². The minimum Gasteiger partial charge on any atom is -0.326 e. The second kappa shape index (κ2) is 5.02. The molecular formula is C13H18N2O3S. The van der Waals surface area contributed by atoms with Crippen LogP contribution in [0.3, 0.4) is 0 Å². The van der Waals surface area contributed by atoms with Crippen LogP contribution < -0.4 is 5.73 Å². The summed E-state index contributed by atoms with van der Waals surface area (Å²) < 4.78 is 12.5. The predicted octanol–water partition coefficient (Wildman–Crippen LogP) is 2.22. The van der Waals surface area contributed by atoms with E-state index in [4.69, 9.17) is 5.73 Å². The molecule has 1 fully saturated rings. The quantitative estimate of drug-likeness (QED) is 0.680. The van der Waals surface area contributed by atoms with Gasteiger partial charge in [0.1, 0.15) is 0 Å². The van der Waals surface area contributed by atoms with Crippen molar-refractivity contribution in [2.45, 2.75) is 42.9 Å². The largest absolute Gasteiger partial charge is 0.326 e. The zero-order valence-corrected chi connectivity index (χ0v) is 11.9. The molecule has 0 amide bonds. The molecule has 5 nitrogen and oxygen atoms in total. The summed E-state index contributed by atoms with van der Waals surface area (Å²) in [6, 6.07) is 5.79. The highest BCUT2D eigenvalue weighted by atomic mass is 32.2. The fraction of sp³-hybridized carbons (Fsp3) is 0.538. The van der Waals surface area contributed by atoms with Crippen LogP contribution in [0.15, 0.2) is 29.2 Å². The molecule has 2 rings (SSSR count). The van der Waals surface area contributed by atoms with E-state index >= 15 is 0 Å². The van der Waals surface area contributed by atoms with Gasteiger partial charge in [0.15, 0.2) is 0 Å². The Kier molecular flexibility index (Phi) is 3.73. The first kappa shape index (κ1) is 14.1. The van der Waals surface area contributed by atoms with Gasteiger partial charge in [0, 0.05) is 23.1 Å². The van der Waals surface area contributed by atoms with Crippen LogP contribution in [0.1, 0.15) is 26.7 Å². The normalized spacial score (nSPS) is 27.1. The third kappa shape index (κ3) is 2.69. The molecule has 0 bridgehead atoms. The monoisotopic (exact) mass is 282 g/mol. The van der Waals surface area contributed by atoms with Gasteiger partial charge in [0.05, 0.1) is 21.0 Å². The molecule has 3 atom stereocenters. The Balaban J connectivity index is 2.19. The van der Waals surface area contributed by atoms with Gasteiger partial charge in [-0.3, -0.25) is 14.3 Å². The smallest absolute Gasteiger partial charge is 0.269 e. The molecule has 6 heteroatoms. The summed E-state index contributed by atoms with van der Waals surface area (Å²) in [5.74, 6) is 0. The number of nitrogens with two attached hydrogens (primary N) is 1. The van der Waals surface area contributed by atoms with Crippen molar-refractivity contribution < 1.29 is 9.13 Å². The summed E-state index contributed by atoms with van der Waals surface area (Å²) in [4.78, 5) is 10.7. The van der Waals surface area contributed by atoms with E-state index in [2.05, 4.69) is 13.8 Å². The zero-order valence-electron chi connectivity index (χ0n) is 11.0. The van der Waals surface area contributed by atoms with Crippen molar-refractivity contribution in [3.63, 3.8) is 0 Å². The minimum absolute atomic E-state index is 0.00109. The van der Waals surface area contributed by atoms with Crippen LogP contribution in [-0.4, -0.2) is 20.4 Å². The fourth-order valence-corrected chi connectivity index (χ4v) is 4.20. The maximum Gasteiger partial charge on any atom is 0.269 e.